The van der Waals surface area contributed by atoms with Crippen molar-refractivity contribution in [2.45, 2.75) is 13.0 Å². The minimum absolute atomic E-state index is 0.149. The van der Waals surface area contributed by atoms with Crippen molar-refractivity contribution in [2.24, 2.45) is 0 Å². The summed E-state index contributed by atoms with van der Waals surface area (Å²) >= 11 is 5.04. The molecule has 5 nitrogen and oxygen atoms in total. The van der Waals surface area contributed by atoms with Gasteiger partial charge in [0.05, 0.1) is 24.0 Å². The summed E-state index contributed by atoms with van der Waals surface area (Å²) in [6, 6.07) is 3.62. The van der Waals surface area contributed by atoms with Crippen LogP contribution in [-0.2, 0) is 16.4 Å². The lowest BCUT2D eigenvalue weighted by atomic mass is 10.4. The summed E-state index contributed by atoms with van der Waals surface area (Å²) in [5.74, 6) is 0.915. The summed E-state index contributed by atoms with van der Waals surface area (Å²) < 4.78 is 27.5. The van der Waals surface area contributed by atoms with Crippen LogP contribution in [0.4, 0.5) is 0 Å². The molecule has 7 heteroatoms. The quantitative estimate of drug-likeness (QED) is 0.797. The molecule has 1 aromatic heterocycles. The van der Waals surface area contributed by atoms with Crippen molar-refractivity contribution in [1.82, 2.24) is 10.6 Å². The normalized spacial score (nSPS) is 17.5. The highest BCUT2D eigenvalue weighted by Crippen LogP contribution is 2.13. The minimum atomic E-state index is -3.03. The zero-order chi connectivity index (χ0) is 12.3. The molecule has 0 unspecified atom stereocenters. The van der Waals surface area contributed by atoms with Gasteiger partial charge in [-0.1, -0.05) is 0 Å². The second-order valence-corrected chi connectivity index (χ2v) is 6.03. The zero-order valence-electron chi connectivity index (χ0n) is 8.97. The maximum Gasteiger partial charge on any atom is 0.173 e. The molecule has 2 N–H and O–H groups in total. The number of furan rings is 1. The van der Waals surface area contributed by atoms with E-state index in [-0.39, 0.29) is 5.75 Å². The molecule has 1 aromatic rings. The smallest absolute Gasteiger partial charge is 0.173 e. The molecular formula is C10H12N2O3S2. The molecule has 0 radical (unpaired) electrons. The van der Waals surface area contributed by atoms with E-state index in [1.165, 1.54) is 5.41 Å². The van der Waals surface area contributed by atoms with Gasteiger partial charge in [-0.05, 0) is 24.4 Å². The fourth-order valence-electron chi connectivity index (χ4n) is 1.45. The Morgan fingerprint density at radius 1 is 1.53 bits per heavy atom. The molecule has 17 heavy (non-hydrogen) atoms. The third kappa shape index (κ3) is 3.57. The molecule has 2 heterocycles. The molecule has 0 atom stereocenters. The van der Waals surface area contributed by atoms with Gasteiger partial charge in [0.25, 0.3) is 0 Å². The zero-order valence-corrected chi connectivity index (χ0v) is 10.6. The van der Waals surface area contributed by atoms with Crippen LogP contribution in [0.2, 0.25) is 0 Å². The van der Waals surface area contributed by atoms with Crippen molar-refractivity contribution < 1.29 is 12.8 Å². The SMILES string of the molecule is O=S1(=O)C=C(NC(=S)NCc2ccco2)CC1. The Hall–Kier alpha value is -1.34. The van der Waals surface area contributed by atoms with E-state index in [9.17, 15) is 8.42 Å². The first kappa shape index (κ1) is 12.1. The summed E-state index contributed by atoms with van der Waals surface area (Å²) in [7, 11) is -3.03. The van der Waals surface area contributed by atoms with E-state index < -0.39 is 9.84 Å². The van der Waals surface area contributed by atoms with E-state index in [0.29, 0.717) is 23.8 Å². The second-order valence-electron chi connectivity index (χ2n) is 3.65. The van der Waals surface area contributed by atoms with E-state index in [1.54, 1.807) is 12.3 Å². The molecule has 0 saturated carbocycles. The van der Waals surface area contributed by atoms with E-state index in [2.05, 4.69) is 10.6 Å². The van der Waals surface area contributed by atoms with E-state index in [4.69, 9.17) is 16.6 Å². The molecule has 0 bridgehead atoms. The highest BCUT2D eigenvalue weighted by Gasteiger charge is 2.18. The first-order chi connectivity index (χ1) is 8.05. The molecule has 0 amide bonds. The van der Waals surface area contributed by atoms with Gasteiger partial charge >= 0.3 is 0 Å². The van der Waals surface area contributed by atoms with Gasteiger partial charge in [0.1, 0.15) is 5.76 Å². The average molecular weight is 272 g/mol. The lowest BCUT2D eigenvalue weighted by Gasteiger charge is -2.09. The van der Waals surface area contributed by atoms with E-state index in [1.807, 2.05) is 6.07 Å². The van der Waals surface area contributed by atoms with Gasteiger partial charge in [-0.25, -0.2) is 8.42 Å². The van der Waals surface area contributed by atoms with Gasteiger partial charge in [-0.3, -0.25) is 0 Å². The third-order valence-electron chi connectivity index (χ3n) is 2.26. The molecule has 0 saturated heterocycles. The fraction of sp³-hybridized carbons (Fsp3) is 0.300. The second kappa shape index (κ2) is 4.89. The molecule has 1 aliphatic heterocycles. The number of thiocarbonyl (C=S) groups is 1. The van der Waals surface area contributed by atoms with Crippen LogP contribution in [0.25, 0.3) is 0 Å². The first-order valence-corrected chi connectivity index (χ1v) is 7.18. The molecule has 2 rings (SSSR count). The van der Waals surface area contributed by atoms with Crippen molar-refractivity contribution in [3.63, 3.8) is 0 Å². The van der Waals surface area contributed by atoms with Crippen LogP contribution < -0.4 is 10.6 Å². The number of hydrogen-bond donors (Lipinski definition) is 2. The highest BCUT2D eigenvalue weighted by atomic mass is 32.2. The van der Waals surface area contributed by atoms with Crippen LogP contribution in [0.1, 0.15) is 12.2 Å². The molecule has 0 aliphatic carbocycles. The topological polar surface area (TPSA) is 71.3 Å². The van der Waals surface area contributed by atoms with Crippen LogP contribution in [0.15, 0.2) is 33.9 Å². The van der Waals surface area contributed by atoms with Gasteiger partial charge in [0, 0.05) is 12.1 Å². The Bertz CT molecular complexity index is 532. The molecule has 92 valence electrons. The van der Waals surface area contributed by atoms with Crippen molar-refractivity contribution in [3.05, 3.63) is 35.3 Å². The molecule has 1 aliphatic rings. The predicted octanol–water partition coefficient (Wildman–Crippen LogP) is 0.904. The number of rotatable bonds is 3. The standard InChI is InChI=1S/C10H12N2O3S2/c13-17(14)5-3-8(7-17)12-10(16)11-6-9-2-1-4-15-9/h1-2,4,7H,3,5-6H2,(H2,11,12,16). The van der Waals surface area contributed by atoms with Gasteiger partial charge in [-0.2, -0.15) is 0 Å². The Morgan fingerprint density at radius 3 is 2.94 bits per heavy atom. The Balaban J connectivity index is 1.82. The van der Waals surface area contributed by atoms with Crippen molar-refractivity contribution in [3.8, 4) is 0 Å². The average Bonchev–Trinajstić information content (AvgIpc) is 2.85. The van der Waals surface area contributed by atoms with Crippen LogP contribution in [0, 0.1) is 0 Å². The third-order valence-corrected chi connectivity index (χ3v) is 3.92. The summed E-state index contributed by atoms with van der Waals surface area (Å²) in [5, 5.41) is 7.41. The van der Waals surface area contributed by atoms with Crippen LogP contribution in [0.5, 0.6) is 0 Å². The van der Waals surface area contributed by atoms with Crippen LogP contribution in [-0.4, -0.2) is 19.3 Å². The summed E-state index contributed by atoms with van der Waals surface area (Å²) in [4.78, 5) is 0. The summed E-state index contributed by atoms with van der Waals surface area (Å²) in [6.45, 7) is 0.471. The monoisotopic (exact) mass is 272 g/mol. The van der Waals surface area contributed by atoms with Gasteiger partial charge in [0.2, 0.25) is 0 Å². The predicted molar refractivity (Wildman–Crippen MR) is 67.8 cm³/mol. The fourth-order valence-corrected chi connectivity index (χ4v) is 2.89. The summed E-state index contributed by atoms with van der Waals surface area (Å²) in [6.07, 6.45) is 2.06. The van der Waals surface area contributed by atoms with E-state index in [0.717, 1.165) is 5.76 Å². The Labute approximate surface area is 105 Å². The maximum absolute atomic E-state index is 11.2. The lowest BCUT2D eigenvalue weighted by molar-refractivity contribution is 0.503. The Morgan fingerprint density at radius 2 is 2.35 bits per heavy atom. The van der Waals surface area contributed by atoms with Crippen molar-refractivity contribution in [1.29, 1.82) is 0 Å². The minimum Gasteiger partial charge on any atom is -0.467 e. The molecule has 0 spiro atoms. The number of hydrogen-bond acceptors (Lipinski definition) is 4. The largest absolute Gasteiger partial charge is 0.467 e. The molecule has 0 aromatic carbocycles. The van der Waals surface area contributed by atoms with Crippen molar-refractivity contribution >= 4 is 27.2 Å². The molecular weight excluding hydrogens is 260 g/mol. The van der Waals surface area contributed by atoms with Crippen molar-refractivity contribution in [2.75, 3.05) is 5.75 Å². The Kier molecular flexibility index (Phi) is 3.49. The maximum atomic E-state index is 11.2. The number of allylic oxidation sites excluding steroid dienone is 1. The van der Waals surface area contributed by atoms with E-state index >= 15 is 0 Å². The van der Waals surface area contributed by atoms with Gasteiger partial charge < -0.3 is 15.1 Å². The first-order valence-electron chi connectivity index (χ1n) is 5.06. The molecule has 0 fully saturated rings. The van der Waals surface area contributed by atoms with Crippen LogP contribution in [0.3, 0.4) is 0 Å². The lowest BCUT2D eigenvalue weighted by Crippen LogP contribution is -2.33. The highest BCUT2D eigenvalue weighted by molar-refractivity contribution is 7.94. The van der Waals surface area contributed by atoms with Crippen LogP contribution >= 0.6 is 12.2 Å². The number of nitrogens with one attached hydrogen (secondary N) is 2. The van der Waals surface area contributed by atoms with Gasteiger partial charge in [0.15, 0.2) is 14.9 Å². The number of sulfone groups is 1. The van der Waals surface area contributed by atoms with Gasteiger partial charge in [-0.15, -0.1) is 0 Å². The summed E-state index contributed by atoms with van der Waals surface area (Å²) in [5.41, 5.74) is 0.627.